The van der Waals surface area contributed by atoms with Crippen LogP contribution in [-0.4, -0.2) is 23.9 Å². The zero-order chi connectivity index (χ0) is 13.9. The molecule has 0 bridgehead atoms. The molecule has 20 heavy (non-hydrogen) atoms. The summed E-state index contributed by atoms with van der Waals surface area (Å²) in [4.78, 5) is 14.5. The summed E-state index contributed by atoms with van der Waals surface area (Å²) in [6.07, 6.45) is 7.48. The van der Waals surface area contributed by atoms with Crippen LogP contribution in [0.2, 0.25) is 0 Å². The first-order chi connectivity index (χ1) is 9.75. The normalized spacial score (nSPS) is 18.1. The number of benzene rings is 2. The van der Waals surface area contributed by atoms with E-state index in [-0.39, 0.29) is 5.91 Å². The number of hydrogen-bond donors (Lipinski definition) is 0. The first kappa shape index (κ1) is 12.9. The summed E-state index contributed by atoms with van der Waals surface area (Å²) in [5.41, 5.74) is 0.778. The van der Waals surface area contributed by atoms with Gasteiger partial charge in [0.15, 0.2) is 0 Å². The van der Waals surface area contributed by atoms with Crippen LogP contribution in [0.1, 0.15) is 29.6 Å². The highest BCUT2D eigenvalue weighted by molar-refractivity contribution is 5.98. The molecule has 0 aromatic heterocycles. The molecule has 2 aromatic carbocycles. The van der Waals surface area contributed by atoms with Gasteiger partial charge in [-0.3, -0.25) is 4.79 Å². The molecule has 2 aromatic rings. The number of hydrogen-bond acceptors (Lipinski definition) is 1. The van der Waals surface area contributed by atoms with Crippen molar-refractivity contribution in [1.29, 1.82) is 0 Å². The lowest BCUT2D eigenvalue weighted by Crippen LogP contribution is -2.37. The van der Waals surface area contributed by atoms with Gasteiger partial charge in [-0.05, 0) is 42.2 Å². The van der Waals surface area contributed by atoms with E-state index < -0.39 is 0 Å². The average Bonchev–Trinajstić information content (AvgIpc) is 2.54. The molecule has 2 heteroatoms. The molecule has 0 spiro atoms. The monoisotopic (exact) mass is 265 g/mol. The number of allylic oxidation sites excluding steroid dienone is 1. The van der Waals surface area contributed by atoms with Gasteiger partial charge in [-0.25, -0.2) is 0 Å². The maximum Gasteiger partial charge on any atom is 0.253 e. The lowest BCUT2D eigenvalue weighted by atomic mass is 9.99. The molecule has 1 aliphatic rings. The maximum atomic E-state index is 12.6. The largest absolute Gasteiger partial charge is 0.338 e. The summed E-state index contributed by atoms with van der Waals surface area (Å²) >= 11 is 0. The Bertz CT molecular complexity index is 659. The molecule has 0 saturated carbocycles. The van der Waals surface area contributed by atoms with Gasteiger partial charge in [-0.1, -0.05) is 42.5 Å². The Morgan fingerprint density at radius 2 is 1.90 bits per heavy atom. The Balaban J connectivity index is 1.86. The summed E-state index contributed by atoms with van der Waals surface area (Å²) in [6.45, 7) is 0. The van der Waals surface area contributed by atoms with E-state index >= 15 is 0 Å². The summed E-state index contributed by atoms with van der Waals surface area (Å²) in [7, 11) is 1.92. The van der Waals surface area contributed by atoms with Gasteiger partial charge in [0, 0.05) is 18.7 Å². The van der Waals surface area contributed by atoms with E-state index in [1.807, 2.05) is 42.3 Å². The second kappa shape index (κ2) is 5.49. The highest BCUT2D eigenvalue weighted by Gasteiger charge is 2.21. The van der Waals surface area contributed by atoms with E-state index in [0.717, 1.165) is 30.2 Å². The third-order valence-electron chi connectivity index (χ3n) is 4.11. The summed E-state index contributed by atoms with van der Waals surface area (Å²) in [5.74, 6) is 0.121. The van der Waals surface area contributed by atoms with Crippen LogP contribution in [0, 0.1) is 0 Å². The number of nitrogens with zero attached hydrogens (tertiary/aromatic N) is 1. The minimum atomic E-state index is 0.121. The van der Waals surface area contributed by atoms with Gasteiger partial charge in [-0.2, -0.15) is 0 Å². The number of amides is 1. The van der Waals surface area contributed by atoms with Crippen molar-refractivity contribution in [1.82, 2.24) is 4.90 Å². The molecule has 3 rings (SSSR count). The Morgan fingerprint density at radius 3 is 2.65 bits per heavy atom. The Hall–Kier alpha value is -2.09. The van der Waals surface area contributed by atoms with Gasteiger partial charge in [-0.15, -0.1) is 0 Å². The quantitative estimate of drug-likeness (QED) is 0.751. The minimum absolute atomic E-state index is 0.121. The van der Waals surface area contributed by atoms with Gasteiger partial charge in [0.25, 0.3) is 5.91 Å². The van der Waals surface area contributed by atoms with Crippen LogP contribution in [0.5, 0.6) is 0 Å². The van der Waals surface area contributed by atoms with Gasteiger partial charge in [0.05, 0.1) is 0 Å². The summed E-state index contributed by atoms with van der Waals surface area (Å²) in [6, 6.07) is 14.4. The molecule has 102 valence electrons. The lowest BCUT2D eigenvalue weighted by molar-refractivity contribution is 0.0723. The molecule has 0 saturated heterocycles. The smallest absolute Gasteiger partial charge is 0.253 e. The van der Waals surface area contributed by atoms with Gasteiger partial charge in [0.2, 0.25) is 0 Å². The molecule has 0 fully saturated rings. The molecular weight excluding hydrogens is 246 g/mol. The molecule has 0 aliphatic heterocycles. The van der Waals surface area contributed by atoms with Crippen molar-refractivity contribution in [3.8, 4) is 0 Å². The second-order valence-corrected chi connectivity index (χ2v) is 5.42. The van der Waals surface area contributed by atoms with Crippen molar-refractivity contribution in [3.05, 3.63) is 60.2 Å². The molecule has 1 aliphatic carbocycles. The van der Waals surface area contributed by atoms with Gasteiger partial charge < -0.3 is 4.90 Å². The molecule has 0 N–H and O–H groups in total. The van der Waals surface area contributed by atoms with Crippen LogP contribution >= 0.6 is 0 Å². The predicted molar refractivity (Wildman–Crippen MR) is 82.8 cm³/mol. The first-order valence-corrected chi connectivity index (χ1v) is 7.16. The third-order valence-corrected chi connectivity index (χ3v) is 4.11. The molecule has 2 nitrogen and oxygen atoms in total. The molecule has 1 amide bonds. The number of rotatable bonds is 2. The van der Waals surface area contributed by atoms with E-state index in [1.165, 1.54) is 5.39 Å². The van der Waals surface area contributed by atoms with Crippen LogP contribution in [0.4, 0.5) is 0 Å². The van der Waals surface area contributed by atoms with Crippen LogP contribution in [0.15, 0.2) is 54.6 Å². The van der Waals surface area contributed by atoms with Crippen molar-refractivity contribution < 1.29 is 4.79 Å². The highest BCUT2D eigenvalue weighted by atomic mass is 16.2. The Labute approximate surface area is 119 Å². The Kier molecular flexibility index (Phi) is 3.55. The molecular formula is C18H19NO. The number of carbonyl (C=O) groups is 1. The molecule has 0 radical (unpaired) electrons. The van der Waals surface area contributed by atoms with E-state index in [9.17, 15) is 4.79 Å². The number of fused-ring (bicyclic) bond motifs is 1. The van der Waals surface area contributed by atoms with Crippen molar-refractivity contribution >= 4 is 16.7 Å². The fourth-order valence-corrected chi connectivity index (χ4v) is 2.82. The zero-order valence-electron chi connectivity index (χ0n) is 11.8. The van der Waals surface area contributed by atoms with Crippen molar-refractivity contribution in [2.45, 2.75) is 25.3 Å². The zero-order valence-corrected chi connectivity index (χ0v) is 11.8. The van der Waals surface area contributed by atoms with Crippen LogP contribution in [0.3, 0.4) is 0 Å². The Morgan fingerprint density at radius 1 is 1.10 bits per heavy atom. The predicted octanol–water partition coefficient (Wildman–Crippen LogP) is 4.02. The fraction of sp³-hybridized carbons (Fsp3) is 0.278. The third kappa shape index (κ3) is 2.46. The standard InChI is InChI=1S/C18H19NO/c1-19(17-9-3-2-4-10-17)18(20)16-12-11-14-7-5-6-8-15(14)13-16/h2-3,5-8,11-13,17H,4,9-10H2,1H3. The summed E-state index contributed by atoms with van der Waals surface area (Å²) < 4.78 is 0. The van der Waals surface area contributed by atoms with E-state index in [1.54, 1.807) is 0 Å². The van der Waals surface area contributed by atoms with Gasteiger partial charge in [0.1, 0.15) is 0 Å². The number of carbonyl (C=O) groups excluding carboxylic acids is 1. The van der Waals surface area contributed by atoms with Crippen LogP contribution in [-0.2, 0) is 0 Å². The van der Waals surface area contributed by atoms with Crippen LogP contribution in [0.25, 0.3) is 10.8 Å². The molecule has 1 atom stereocenters. The average molecular weight is 265 g/mol. The van der Waals surface area contributed by atoms with E-state index in [4.69, 9.17) is 0 Å². The fourth-order valence-electron chi connectivity index (χ4n) is 2.82. The molecule has 0 heterocycles. The highest BCUT2D eigenvalue weighted by Crippen LogP contribution is 2.20. The van der Waals surface area contributed by atoms with E-state index in [2.05, 4.69) is 24.3 Å². The SMILES string of the molecule is CN(C(=O)c1ccc2ccccc2c1)C1CC=CCC1. The molecule has 1 unspecified atom stereocenters. The maximum absolute atomic E-state index is 12.6. The summed E-state index contributed by atoms with van der Waals surface area (Å²) in [5, 5.41) is 2.29. The van der Waals surface area contributed by atoms with Crippen molar-refractivity contribution in [2.75, 3.05) is 7.05 Å². The second-order valence-electron chi connectivity index (χ2n) is 5.42. The van der Waals surface area contributed by atoms with E-state index in [0.29, 0.717) is 6.04 Å². The van der Waals surface area contributed by atoms with Crippen molar-refractivity contribution in [3.63, 3.8) is 0 Å². The topological polar surface area (TPSA) is 20.3 Å². The lowest BCUT2D eigenvalue weighted by Gasteiger charge is -2.29. The van der Waals surface area contributed by atoms with Crippen LogP contribution < -0.4 is 0 Å². The van der Waals surface area contributed by atoms with Gasteiger partial charge >= 0.3 is 0 Å². The minimum Gasteiger partial charge on any atom is -0.338 e. The first-order valence-electron chi connectivity index (χ1n) is 7.16. The van der Waals surface area contributed by atoms with Crippen molar-refractivity contribution in [2.24, 2.45) is 0 Å².